The van der Waals surface area contributed by atoms with E-state index in [-0.39, 0.29) is 0 Å². The van der Waals surface area contributed by atoms with Crippen molar-refractivity contribution < 1.29 is 8.78 Å². The molecule has 0 saturated carbocycles. The molecule has 0 aliphatic rings. The molecule has 126 valence electrons. The lowest BCUT2D eigenvalue weighted by atomic mass is 10.0. The van der Waals surface area contributed by atoms with Crippen molar-refractivity contribution in [2.45, 2.75) is 0 Å². The van der Waals surface area contributed by atoms with Gasteiger partial charge >= 0.3 is 0 Å². The molecule has 0 radical (unpaired) electrons. The second kappa shape index (κ2) is 6.40. The van der Waals surface area contributed by atoms with Crippen molar-refractivity contribution in [3.63, 3.8) is 0 Å². The number of halogens is 2. The molecule has 0 amide bonds. The smallest absolute Gasteiger partial charge is 0.163 e. The number of hydrogen-bond donors (Lipinski definition) is 0. The zero-order chi connectivity index (χ0) is 18.1. The Morgan fingerprint density at radius 2 is 1.65 bits per heavy atom. The number of pyridine rings is 1. The number of aromatic nitrogens is 3. The van der Waals surface area contributed by atoms with Crippen LogP contribution in [0, 0.1) is 11.6 Å². The van der Waals surface area contributed by atoms with Crippen molar-refractivity contribution in [2.24, 2.45) is 4.99 Å². The summed E-state index contributed by atoms with van der Waals surface area (Å²) >= 11 is 0. The maximum absolute atomic E-state index is 13.5. The molecule has 0 aliphatic heterocycles. The highest BCUT2D eigenvalue weighted by molar-refractivity contribution is 5.93. The summed E-state index contributed by atoms with van der Waals surface area (Å²) in [5.41, 5.74) is 2.48. The topological polar surface area (TPSA) is 51.0 Å². The standard InChI is InChI=1S/C20H12F2N4/c1-23-20-17-9-12(14-7-15(21)10-16(22)8-14)4-5-18(17)25-19(26-20)13-3-2-6-24-11-13/h2-11H,1H2. The molecule has 0 aliphatic carbocycles. The van der Waals surface area contributed by atoms with Crippen LogP contribution in [-0.2, 0) is 0 Å². The number of hydrogen-bond acceptors (Lipinski definition) is 4. The molecule has 26 heavy (non-hydrogen) atoms. The average molecular weight is 346 g/mol. The Bertz CT molecular complexity index is 1110. The largest absolute Gasteiger partial charge is 0.264 e. The van der Waals surface area contributed by atoms with Crippen molar-refractivity contribution >= 4 is 23.4 Å². The molecular weight excluding hydrogens is 334 g/mol. The summed E-state index contributed by atoms with van der Waals surface area (Å²) in [7, 11) is 0. The van der Waals surface area contributed by atoms with Crippen LogP contribution in [0.5, 0.6) is 0 Å². The van der Waals surface area contributed by atoms with Gasteiger partial charge in [-0.25, -0.2) is 23.7 Å². The Labute approximate surface area is 147 Å². The monoisotopic (exact) mass is 346 g/mol. The van der Waals surface area contributed by atoms with Crippen LogP contribution in [0.1, 0.15) is 0 Å². The Balaban J connectivity index is 1.90. The molecule has 6 heteroatoms. The molecule has 2 heterocycles. The van der Waals surface area contributed by atoms with E-state index < -0.39 is 11.6 Å². The van der Waals surface area contributed by atoms with E-state index in [9.17, 15) is 8.78 Å². The SMILES string of the molecule is C=Nc1nc(-c2cccnc2)nc2ccc(-c3cc(F)cc(F)c3)cc12. The van der Waals surface area contributed by atoms with E-state index in [1.54, 1.807) is 36.7 Å². The van der Waals surface area contributed by atoms with Crippen molar-refractivity contribution in [1.82, 2.24) is 15.0 Å². The van der Waals surface area contributed by atoms with Crippen LogP contribution >= 0.6 is 0 Å². The highest BCUT2D eigenvalue weighted by Gasteiger charge is 2.11. The average Bonchev–Trinajstić information content (AvgIpc) is 2.66. The molecule has 0 saturated heterocycles. The van der Waals surface area contributed by atoms with Gasteiger partial charge in [0.2, 0.25) is 0 Å². The molecule has 0 unspecified atom stereocenters. The summed E-state index contributed by atoms with van der Waals surface area (Å²) in [6.45, 7) is 3.57. The van der Waals surface area contributed by atoms with E-state index in [0.717, 1.165) is 11.6 Å². The molecule has 0 bridgehead atoms. The van der Waals surface area contributed by atoms with Crippen LogP contribution in [0.4, 0.5) is 14.6 Å². The van der Waals surface area contributed by atoms with E-state index >= 15 is 0 Å². The Morgan fingerprint density at radius 1 is 0.846 bits per heavy atom. The van der Waals surface area contributed by atoms with Gasteiger partial charge in [-0.3, -0.25) is 4.98 Å². The third-order valence-corrected chi connectivity index (χ3v) is 3.94. The van der Waals surface area contributed by atoms with Gasteiger partial charge in [-0.15, -0.1) is 0 Å². The molecule has 0 fully saturated rings. The molecule has 4 nitrogen and oxygen atoms in total. The van der Waals surface area contributed by atoms with Crippen LogP contribution < -0.4 is 0 Å². The maximum Gasteiger partial charge on any atom is 0.163 e. The lowest BCUT2D eigenvalue weighted by Gasteiger charge is -2.08. The number of fused-ring (bicyclic) bond motifs is 1. The summed E-state index contributed by atoms with van der Waals surface area (Å²) in [5, 5.41) is 0.648. The molecule has 0 atom stereocenters. The molecule has 0 spiro atoms. The zero-order valence-corrected chi connectivity index (χ0v) is 13.5. The summed E-state index contributed by atoms with van der Waals surface area (Å²) in [6.07, 6.45) is 3.33. The first-order valence-corrected chi connectivity index (χ1v) is 7.79. The first-order chi connectivity index (χ1) is 12.6. The molecular formula is C20H12F2N4. The van der Waals surface area contributed by atoms with Crippen LogP contribution in [0.15, 0.2) is 65.9 Å². The first-order valence-electron chi connectivity index (χ1n) is 7.79. The number of benzene rings is 2. The Morgan fingerprint density at radius 3 is 2.35 bits per heavy atom. The fourth-order valence-electron chi connectivity index (χ4n) is 2.76. The second-order valence-corrected chi connectivity index (χ2v) is 5.66. The molecule has 4 aromatic rings. The van der Waals surface area contributed by atoms with Crippen molar-refractivity contribution in [1.29, 1.82) is 0 Å². The van der Waals surface area contributed by atoms with E-state index in [1.807, 2.05) is 6.07 Å². The van der Waals surface area contributed by atoms with Crippen molar-refractivity contribution in [2.75, 3.05) is 0 Å². The van der Waals surface area contributed by atoms with Gasteiger partial charge in [-0.2, -0.15) is 0 Å². The quantitative estimate of drug-likeness (QED) is 0.492. The molecule has 0 N–H and O–H groups in total. The predicted octanol–water partition coefficient (Wildman–Crippen LogP) is 4.97. The van der Waals surface area contributed by atoms with Gasteiger partial charge in [0, 0.05) is 29.4 Å². The minimum atomic E-state index is -0.634. The highest BCUT2D eigenvalue weighted by atomic mass is 19.1. The van der Waals surface area contributed by atoms with Crippen LogP contribution in [-0.4, -0.2) is 21.7 Å². The highest BCUT2D eigenvalue weighted by Crippen LogP contribution is 2.31. The van der Waals surface area contributed by atoms with E-state index in [2.05, 4.69) is 26.7 Å². The fourth-order valence-corrected chi connectivity index (χ4v) is 2.76. The van der Waals surface area contributed by atoms with Crippen molar-refractivity contribution in [3.05, 3.63) is 72.6 Å². The Kier molecular flexibility index (Phi) is 3.93. The number of aliphatic imine (C=N–C) groups is 1. The Hall–Kier alpha value is -3.54. The molecule has 4 rings (SSSR count). The summed E-state index contributed by atoms with van der Waals surface area (Å²) in [4.78, 5) is 17.0. The number of nitrogens with zero attached hydrogens (tertiary/aromatic N) is 4. The van der Waals surface area contributed by atoms with Gasteiger partial charge in [0.25, 0.3) is 0 Å². The summed E-state index contributed by atoms with van der Waals surface area (Å²) < 4.78 is 27.0. The molecule has 2 aromatic heterocycles. The van der Waals surface area contributed by atoms with Crippen LogP contribution in [0.25, 0.3) is 33.4 Å². The summed E-state index contributed by atoms with van der Waals surface area (Å²) in [6, 6.07) is 12.3. The zero-order valence-electron chi connectivity index (χ0n) is 13.5. The third-order valence-electron chi connectivity index (χ3n) is 3.94. The summed E-state index contributed by atoms with van der Waals surface area (Å²) in [5.74, 6) is -0.388. The third kappa shape index (κ3) is 2.93. The van der Waals surface area contributed by atoms with Crippen LogP contribution in [0.2, 0.25) is 0 Å². The van der Waals surface area contributed by atoms with E-state index in [4.69, 9.17) is 0 Å². The normalized spacial score (nSPS) is 10.8. The second-order valence-electron chi connectivity index (χ2n) is 5.66. The lowest BCUT2D eigenvalue weighted by Crippen LogP contribution is -1.92. The van der Waals surface area contributed by atoms with Gasteiger partial charge in [0.05, 0.1) is 5.52 Å². The number of rotatable bonds is 3. The van der Waals surface area contributed by atoms with Gasteiger partial charge in [0.15, 0.2) is 11.6 Å². The van der Waals surface area contributed by atoms with Gasteiger partial charge in [-0.1, -0.05) is 6.07 Å². The minimum absolute atomic E-state index is 0.396. The minimum Gasteiger partial charge on any atom is -0.264 e. The fraction of sp³-hybridized carbons (Fsp3) is 0. The van der Waals surface area contributed by atoms with E-state index in [0.29, 0.717) is 33.7 Å². The van der Waals surface area contributed by atoms with Gasteiger partial charge in [0.1, 0.15) is 11.6 Å². The first kappa shape index (κ1) is 16.0. The van der Waals surface area contributed by atoms with Gasteiger partial charge in [-0.05, 0) is 54.2 Å². The van der Waals surface area contributed by atoms with Crippen LogP contribution in [0.3, 0.4) is 0 Å². The maximum atomic E-state index is 13.5. The predicted molar refractivity (Wildman–Crippen MR) is 97.3 cm³/mol. The molecule has 2 aromatic carbocycles. The lowest BCUT2D eigenvalue weighted by molar-refractivity contribution is 0.584. The van der Waals surface area contributed by atoms with Gasteiger partial charge < -0.3 is 0 Å². The van der Waals surface area contributed by atoms with E-state index in [1.165, 1.54) is 12.1 Å². The van der Waals surface area contributed by atoms with Crippen molar-refractivity contribution in [3.8, 4) is 22.5 Å².